The van der Waals surface area contributed by atoms with Crippen LogP contribution in [0.3, 0.4) is 0 Å². The highest BCUT2D eigenvalue weighted by Crippen LogP contribution is 2.44. The average Bonchev–Trinajstić information content (AvgIpc) is 2.39. The van der Waals surface area contributed by atoms with Crippen LogP contribution in [-0.2, 0) is 9.53 Å². The zero-order valence-corrected chi connectivity index (χ0v) is 12.1. The van der Waals surface area contributed by atoms with Crippen LogP contribution in [0, 0.1) is 5.41 Å². The van der Waals surface area contributed by atoms with Gasteiger partial charge in [-0.2, -0.15) is 0 Å². The van der Waals surface area contributed by atoms with Gasteiger partial charge in [0, 0.05) is 11.5 Å². The van der Waals surface area contributed by atoms with Gasteiger partial charge in [0.15, 0.2) is 0 Å². The van der Waals surface area contributed by atoms with E-state index in [1.807, 2.05) is 0 Å². The Hall–Kier alpha value is -1.26. The van der Waals surface area contributed by atoms with Crippen LogP contribution in [0.25, 0.3) is 10.4 Å². The number of rotatable bonds is 6. The first-order chi connectivity index (χ1) is 9.00. The summed E-state index contributed by atoms with van der Waals surface area (Å²) >= 11 is 0. The highest BCUT2D eigenvalue weighted by molar-refractivity contribution is 5.82. The van der Waals surface area contributed by atoms with E-state index < -0.39 is 5.54 Å². The van der Waals surface area contributed by atoms with E-state index in [1.165, 1.54) is 7.11 Å². The van der Waals surface area contributed by atoms with Crippen LogP contribution in [0.2, 0.25) is 0 Å². The standard InChI is InChI=1S/C13H24N4O2/c1-12(2)7-4-5-8-13(12,11(18)19-3)15-9-6-10-16-17-14/h15H,4-10H2,1-3H3. The lowest BCUT2D eigenvalue weighted by atomic mass is 9.63. The lowest BCUT2D eigenvalue weighted by Crippen LogP contribution is -2.63. The average molecular weight is 268 g/mol. The summed E-state index contributed by atoms with van der Waals surface area (Å²) in [5, 5.41) is 6.88. The molecule has 6 nitrogen and oxygen atoms in total. The SMILES string of the molecule is COC(=O)C1(NCCCN=[N+]=[N-])CCCCC1(C)C. The van der Waals surface area contributed by atoms with E-state index in [9.17, 15) is 4.79 Å². The third kappa shape index (κ3) is 3.39. The number of esters is 1. The largest absolute Gasteiger partial charge is 0.468 e. The van der Waals surface area contributed by atoms with Gasteiger partial charge >= 0.3 is 5.97 Å². The Labute approximate surface area is 114 Å². The van der Waals surface area contributed by atoms with Crippen molar-refractivity contribution in [3.63, 3.8) is 0 Å². The number of nitrogens with zero attached hydrogens (tertiary/aromatic N) is 3. The van der Waals surface area contributed by atoms with Crippen molar-refractivity contribution in [2.45, 2.75) is 51.5 Å². The fraction of sp³-hybridized carbons (Fsp3) is 0.923. The van der Waals surface area contributed by atoms with E-state index >= 15 is 0 Å². The van der Waals surface area contributed by atoms with E-state index in [1.54, 1.807) is 0 Å². The molecule has 0 aliphatic heterocycles. The van der Waals surface area contributed by atoms with E-state index in [2.05, 4.69) is 29.2 Å². The van der Waals surface area contributed by atoms with Crippen LogP contribution in [0.15, 0.2) is 5.11 Å². The maximum atomic E-state index is 12.3. The molecule has 0 heterocycles. The number of carbonyl (C=O) groups excluding carboxylic acids is 1. The number of ether oxygens (including phenoxy) is 1. The van der Waals surface area contributed by atoms with Crippen molar-refractivity contribution in [2.24, 2.45) is 10.5 Å². The molecule has 0 bridgehead atoms. The van der Waals surface area contributed by atoms with Gasteiger partial charge in [0.1, 0.15) is 5.54 Å². The maximum absolute atomic E-state index is 12.3. The molecule has 6 heteroatoms. The maximum Gasteiger partial charge on any atom is 0.326 e. The van der Waals surface area contributed by atoms with Crippen LogP contribution in [0.5, 0.6) is 0 Å². The van der Waals surface area contributed by atoms with Crippen molar-refractivity contribution in [2.75, 3.05) is 20.2 Å². The second-order valence-electron chi connectivity index (χ2n) is 5.72. The van der Waals surface area contributed by atoms with Crippen LogP contribution in [0.4, 0.5) is 0 Å². The monoisotopic (exact) mass is 268 g/mol. The van der Waals surface area contributed by atoms with Gasteiger partial charge < -0.3 is 10.1 Å². The number of hydrogen-bond donors (Lipinski definition) is 1. The van der Waals surface area contributed by atoms with Crippen LogP contribution < -0.4 is 5.32 Å². The summed E-state index contributed by atoms with van der Waals surface area (Å²) in [6, 6.07) is 0. The zero-order chi connectivity index (χ0) is 14.4. The number of nitrogens with one attached hydrogen (secondary N) is 1. The molecule has 0 aromatic carbocycles. The van der Waals surface area contributed by atoms with Gasteiger partial charge in [0.25, 0.3) is 0 Å². The third-order valence-electron chi connectivity index (χ3n) is 4.22. The summed E-state index contributed by atoms with van der Waals surface area (Å²) in [7, 11) is 1.44. The molecule has 108 valence electrons. The normalized spacial score (nSPS) is 25.4. The fourth-order valence-corrected chi connectivity index (χ4v) is 2.96. The quantitative estimate of drug-likeness (QED) is 0.264. The molecule has 0 aromatic rings. The molecule has 1 rings (SSSR count). The summed E-state index contributed by atoms with van der Waals surface area (Å²) in [4.78, 5) is 15.0. The lowest BCUT2D eigenvalue weighted by molar-refractivity contribution is -0.157. The minimum Gasteiger partial charge on any atom is -0.468 e. The number of methoxy groups -OCH3 is 1. The molecular formula is C13H24N4O2. The van der Waals surface area contributed by atoms with Crippen molar-refractivity contribution in [3.8, 4) is 0 Å². The molecule has 19 heavy (non-hydrogen) atoms. The fourth-order valence-electron chi connectivity index (χ4n) is 2.96. The minimum atomic E-state index is -0.615. The molecule has 1 saturated carbocycles. The Kier molecular flexibility index (Phi) is 5.63. The van der Waals surface area contributed by atoms with Crippen molar-refractivity contribution in [1.82, 2.24) is 5.32 Å². The molecular weight excluding hydrogens is 244 g/mol. The van der Waals surface area contributed by atoms with Crippen LogP contribution in [-0.4, -0.2) is 31.7 Å². The molecule has 1 unspecified atom stereocenters. The van der Waals surface area contributed by atoms with Gasteiger partial charge in [-0.3, -0.25) is 4.79 Å². The number of azide groups is 1. The van der Waals surface area contributed by atoms with Crippen molar-refractivity contribution in [3.05, 3.63) is 10.4 Å². The zero-order valence-electron chi connectivity index (χ0n) is 12.1. The smallest absolute Gasteiger partial charge is 0.326 e. The molecule has 0 saturated heterocycles. The Morgan fingerprint density at radius 1 is 1.42 bits per heavy atom. The topological polar surface area (TPSA) is 87.1 Å². The number of hydrogen-bond acceptors (Lipinski definition) is 4. The summed E-state index contributed by atoms with van der Waals surface area (Å²) in [6.45, 7) is 5.33. The Morgan fingerprint density at radius 2 is 2.11 bits per heavy atom. The predicted octanol–water partition coefficient (Wildman–Crippen LogP) is 2.79. The second-order valence-corrected chi connectivity index (χ2v) is 5.72. The molecule has 0 spiro atoms. The first-order valence-electron chi connectivity index (χ1n) is 6.84. The lowest BCUT2D eigenvalue weighted by Gasteiger charge is -2.48. The van der Waals surface area contributed by atoms with Crippen molar-refractivity contribution >= 4 is 5.97 Å². The van der Waals surface area contributed by atoms with Gasteiger partial charge in [0.2, 0.25) is 0 Å². The summed E-state index contributed by atoms with van der Waals surface area (Å²) in [5.74, 6) is -0.180. The summed E-state index contributed by atoms with van der Waals surface area (Å²) in [6.07, 6.45) is 4.70. The molecule has 1 aliphatic carbocycles. The van der Waals surface area contributed by atoms with E-state index in [0.717, 1.165) is 32.1 Å². The van der Waals surface area contributed by atoms with Crippen molar-refractivity contribution < 1.29 is 9.53 Å². The third-order valence-corrected chi connectivity index (χ3v) is 4.22. The van der Waals surface area contributed by atoms with Crippen LogP contribution in [0.1, 0.15) is 46.0 Å². The summed E-state index contributed by atoms with van der Waals surface area (Å²) < 4.78 is 5.02. The Morgan fingerprint density at radius 3 is 2.68 bits per heavy atom. The highest BCUT2D eigenvalue weighted by Gasteiger charge is 2.52. The Balaban J connectivity index is 2.75. The minimum absolute atomic E-state index is 0.128. The molecule has 0 aromatic heterocycles. The predicted molar refractivity (Wildman–Crippen MR) is 73.6 cm³/mol. The van der Waals surface area contributed by atoms with Gasteiger partial charge in [-0.15, -0.1) is 0 Å². The van der Waals surface area contributed by atoms with Gasteiger partial charge in [-0.05, 0) is 36.8 Å². The van der Waals surface area contributed by atoms with Crippen molar-refractivity contribution in [1.29, 1.82) is 0 Å². The van der Waals surface area contributed by atoms with Gasteiger partial charge in [-0.25, -0.2) is 0 Å². The van der Waals surface area contributed by atoms with Gasteiger partial charge in [-0.1, -0.05) is 31.8 Å². The van der Waals surface area contributed by atoms with E-state index in [4.69, 9.17) is 10.3 Å². The first-order valence-corrected chi connectivity index (χ1v) is 6.84. The molecule has 0 radical (unpaired) electrons. The number of carbonyl (C=O) groups is 1. The van der Waals surface area contributed by atoms with Gasteiger partial charge in [0.05, 0.1) is 7.11 Å². The molecule has 1 aliphatic rings. The molecule has 1 N–H and O–H groups in total. The summed E-state index contributed by atoms with van der Waals surface area (Å²) in [5.41, 5.74) is 7.50. The molecule has 1 atom stereocenters. The molecule has 0 amide bonds. The molecule has 1 fully saturated rings. The van der Waals surface area contributed by atoms with E-state index in [0.29, 0.717) is 13.1 Å². The van der Waals surface area contributed by atoms with Crippen LogP contribution >= 0.6 is 0 Å². The van der Waals surface area contributed by atoms with E-state index in [-0.39, 0.29) is 11.4 Å². The second kappa shape index (κ2) is 6.78. The highest BCUT2D eigenvalue weighted by atomic mass is 16.5. The first kappa shape index (κ1) is 15.8. The Bertz CT molecular complexity index is 364.